The molecule has 2 aliphatic heterocycles. The largest absolute Gasteiger partial charge is 0.374 e. The van der Waals surface area contributed by atoms with E-state index in [0.717, 1.165) is 11.0 Å². The summed E-state index contributed by atoms with van der Waals surface area (Å²) in [5.41, 5.74) is 0. The summed E-state index contributed by atoms with van der Waals surface area (Å²) < 4.78 is 12.2. The van der Waals surface area contributed by atoms with E-state index in [2.05, 4.69) is 6.08 Å². The Morgan fingerprint density at radius 2 is 2.14 bits per heavy atom. The van der Waals surface area contributed by atoms with Crippen LogP contribution in [0, 0.1) is 23.7 Å². The molecule has 0 aromatic rings. The highest BCUT2D eigenvalue weighted by molar-refractivity contribution is 6.30. The molecule has 2 heterocycles. The first kappa shape index (κ1) is 7.26. The van der Waals surface area contributed by atoms with Crippen LogP contribution in [0.25, 0.3) is 0 Å². The molecule has 5 rings (SSSR count). The van der Waals surface area contributed by atoms with Crippen molar-refractivity contribution in [2.75, 3.05) is 0 Å². The Hall–Kier alpha value is -0.0500. The van der Waals surface area contributed by atoms with Crippen molar-refractivity contribution in [2.45, 2.75) is 30.8 Å². The molecule has 0 aromatic heterocycles. The van der Waals surface area contributed by atoms with Crippen LogP contribution in [0.2, 0.25) is 0 Å². The van der Waals surface area contributed by atoms with Crippen molar-refractivity contribution in [3.63, 3.8) is 0 Å². The zero-order valence-electron chi connectivity index (χ0n) is 7.60. The van der Waals surface area contributed by atoms with Crippen molar-refractivity contribution in [2.24, 2.45) is 23.7 Å². The normalized spacial score (nSPS) is 70.8. The maximum Gasteiger partial charge on any atom is 0.0987 e. The number of ether oxygens (including phenoxy) is 2. The lowest BCUT2D eigenvalue weighted by Crippen LogP contribution is -2.44. The first-order valence-corrected chi connectivity index (χ1v) is 5.90. The van der Waals surface area contributed by atoms with E-state index in [1.165, 1.54) is 6.42 Å². The topological polar surface area (TPSA) is 18.5 Å². The molecular weight excluding hydrogens is 200 g/mol. The Bertz CT molecular complexity index is 366. The lowest BCUT2D eigenvalue weighted by atomic mass is 9.68. The van der Waals surface area contributed by atoms with E-state index in [-0.39, 0.29) is 6.10 Å². The Balaban J connectivity index is 1.83. The molecule has 0 N–H and O–H groups in total. The van der Waals surface area contributed by atoms with Crippen LogP contribution < -0.4 is 0 Å². The van der Waals surface area contributed by atoms with Crippen molar-refractivity contribution in [1.82, 2.24) is 0 Å². The third-order valence-electron chi connectivity index (χ3n) is 5.04. The van der Waals surface area contributed by atoms with Crippen LogP contribution in [-0.4, -0.2) is 24.4 Å². The van der Waals surface area contributed by atoms with Crippen LogP contribution >= 0.6 is 11.6 Å². The quantitative estimate of drug-likeness (QED) is 0.604. The minimum absolute atomic E-state index is 0.180. The molecule has 8 atom stereocenters. The second-order valence-corrected chi connectivity index (χ2v) is 5.78. The van der Waals surface area contributed by atoms with Gasteiger partial charge in [-0.25, -0.2) is 0 Å². The molecule has 6 bridgehead atoms. The van der Waals surface area contributed by atoms with Crippen LogP contribution in [0.3, 0.4) is 0 Å². The Kier molecular flexibility index (Phi) is 1.00. The first-order chi connectivity index (χ1) is 6.84. The van der Waals surface area contributed by atoms with Crippen LogP contribution in [0.5, 0.6) is 0 Å². The predicted molar refractivity (Wildman–Crippen MR) is 49.8 cm³/mol. The Morgan fingerprint density at radius 1 is 1.21 bits per heavy atom. The van der Waals surface area contributed by atoms with Crippen LogP contribution in [0.15, 0.2) is 11.1 Å². The average molecular weight is 211 g/mol. The number of hydrogen-bond acceptors (Lipinski definition) is 2. The van der Waals surface area contributed by atoms with Gasteiger partial charge in [0.1, 0.15) is 0 Å². The fourth-order valence-corrected chi connectivity index (χ4v) is 5.07. The molecule has 0 spiro atoms. The first-order valence-electron chi connectivity index (χ1n) is 5.53. The molecule has 4 fully saturated rings. The number of hydrogen-bond donors (Lipinski definition) is 0. The maximum absolute atomic E-state index is 6.26. The molecule has 14 heavy (non-hydrogen) atoms. The van der Waals surface area contributed by atoms with Gasteiger partial charge in [-0.15, -0.1) is 0 Å². The highest BCUT2D eigenvalue weighted by Gasteiger charge is 2.72. The van der Waals surface area contributed by atoms with Crippen LogP contribution in [0.4, 0.5) is 0 Å². The number of halogens is 1. The van der Waals surface area contributed by atoms with Gasteiger partial charge in [0, 0.05) is 22.8 Å². The van der Waals surface area contributed by atoms with Gasteiger partial charge < -0.3 is 9.47 Å². The molecular formula is C11H11ClO2. The van der Waals surface area contributed by atoms with Crippen molar-refractivity contribution < 1.29 is 9.47 Å². The second kappa shape index (κ2) is 1.93. The molecule has 74 valence electrons. The number of rotatable bonds is 0. The molecule has 5 aliphatic rings. The fraction of sp³-hybridized carbons (Fsp3) is 0.818. The average Bonchev–Trinajstić information content (AvgIpc) is 2.64. The summed E-state index contributed by atoms with van der Waals surface area (Å²) in [5, 5.41) is 0.956. The van der Waals surface area contributed by atoms with Crippen molar-refractivity contribution in [3.8, 4) is 0 Å². The monoisotopic (exact) mass is 210 g/mol. The summed E-state index contributed by atoms with van der Waals surface area (Å²) >= 11 is 6.26. The molecule has 3 heteroatoms. The Labute approximate surface area is 87.2 Å². The molecule has 2 saturated heterocycles. The summed E-state index contributed by atoms with van der Waals surface area (Å²) in [6.45, 7) is 0. The molecule has 8 unspecified atom stereocenters. The van der Waals surface area contributed by atoms with Gasteiger partial charge in [0.05, 0.1) is 24.4 Å². The maximum atomic E-state index is 6.26. The van der Waals surface area contributed by atoms with E-state index < -0.39 is 0 Å². The molecule has 0 amide bonds. The molecule has 2 nitrogen and oxygen atoms in total. The highest BCUT2D eigenvalue weighted by atomic mass is 35.5. The lowest BCUT2D eigenvalue weighted by molar-refractivity contribution is -0.0662. The summed E-state index contributed by atoms with van der Waals surface area (Å²) in [4.78, 5) is 0. The van der Waals surface area contributed by atoms with E-state index in [9.17, 15) is 0 Å². The standard InChI is InChI=1S/C11H11ClO2/c12-5-1-3-7-6-2-4-8(10(3)13-6)11(5)14-9(4)7/h1,3-4,6-11H,2H2. The van der Waals surface area contributed by atoms with Gasteiger partial charge in [-0.1, -0.05) is 17.7 Å². The fourth-order valence-electron chi connectivity index (χ4n) is 4.73. The molecule has 0 radical (unpaired) electrons. The third kappa shape index (κ3) is 0.531. The second-order valence-electron chi connectivity index (χ2n) is 5.34. The van der Waals surface area contributed by atoms with Crippen molar-refractivity contribution in [1.29, 1.82) is 0 Å². The summed E-state index contributed by atoms with van der Waals surface area (Å²) in [5.74, 6) is 2.53. The van der Waals surface area contributed by atoms with Gasteiger partial charge in [0.2, 0.25) is 0 Å². The lowest BCUT2D eigenvalue weighted by Gasteiger charge is -2.38. The molecule has 0 aromatic carbocycles. The minimum Gasteiger partial charge on any atom is -0.374 e. The third-order valence-corrected chi connectivity index (χ3v) is 5.38. The van der Waals surface area contributed by atoms with Gasteiger partial charge in [-0.2, -0.15) is 0 Å². The van der Waals surface area contributed by atoms with E-state index in [1.807, 2.05) is 0 Å². The van der Waals surface area contributed by atoms with Crippen LogP contribution in [-0.2, 0) is 9.47 Å². The Morgan fingerprint density at radius 3 is 3.07 bits per heavy atom. The van der Waals surface area contributed by atoms with Gasteiger partial charge in [0.15, 0.2) is 0 Å². The zero-order chi connectivity index (χ0) is 9.02. The van der Waals surface area contributed by atoms with Gasteiger partial charge in [0.25, 0.3) is 0 Å². The van der Waals surface area contributed by atoms with E-state index in [0.29, 0.717) is 36.1 Å². The molecule has 3 aliphatic carbocycles. The minimum atomic E-state index is 0.180. The van der Waals surface area contributed by atoms with E-state index >= 15 is 0 Å². The van der Waals surface area contributed by atoms with Gasteiger partial charge in [-0.05, 0) is 12.3 Å². The van der Waals surface area contributed by atoms with Crippen molar-refractivity contribution in [3.05, 3.63) is 11.1 Å². The summed E-state index contributed by atoms with van der Waals surface area (Å²) in [7, 11) is 0. The zero-order valence-corrected chi connectivity index (χ0v) is 8.35. The smallest absolute Gasteiger partial charge is 0.0987 e. The SMILES string of the molecule is ClC1=CC2C3OC4CC5C(OC1C53)C42. The predicted octanol–water partition coefficient (Wildman–Crippen LogP) is 1.54. The highest BCUT2D eigenvalue weighted by Crippen LogP contribution is 2.66. The van der Waals surface area contributed by atoms with Gasteiger partial charge >= 0.3 is 0 Å². The van der Waals surface area contributed by atoms with Gasteiger partial charge in [-0.3, -0.25) is 0 Å². The van der Waals surface area contributed by atoms with E-state index in [1.54, 1.807) is 0 Å². The summed E-state index contributed by atoms with van der Waals surface area (Å²) in [6.07, 6.45) is 5.01. The van der Waals surface area contributed by atoms with Crippen molar-refractivity contribution >= 4 is 11.6 Å². The van der Waals surface area contributed by atoms with Crippen LogP contribution in [0.1, 0.15) is 6.42 Å². The summed E-state index contributed by atoms with van der Waals surface area (Å²) in [6, 6.07) is 0. The molecule has 2 saturated carbocycles. The van der Waals surface area contributed by atoms with E-state index in [4.69, 9.17) is 21.1 Å².